The van der Waals surface area contributed by atoms with Crippen molar-refractivity contribution in [3.05, 3.63) is 11.8 Å². The lowest BCUT2D eigenvalue weighted by Gasteiger charge is -2.03. The van der Waals surface area contributed by atoms with Gasteiger partial charge in [-0.1, -0.05) is 0 Å². The van der Waals surface area contributed by atoms with Gasteiger partial charge >= 0.3 is 0 Å². The van der Waals surface area contributed by atoms with E-state index < -0.39 is 0 Å². The quantitative estimate of drug-likeness (QED) is 0.487. The second-order valence-electron chi connectivity index (χ2n) is 2.20. The Morgan fingerprint density at radius 3 is 2.27 bits per heavy atom. The van der Waals surface area contributed by atoms with Crippen LogP contribution in [0.2, 0.25) is 0 Å². The maximum absolute atomic E-state index is 7.19. The van der Waals surface area contributed by atoms with Crippen LogP contribution < -0.4 is 0 Å². The molecule has 0 saturated heterocycles. The maximum atomic E-state index is 7.19. The minimum absolute atomic E-state index is 0.463. The number of hydrogen-bond acceptors (Lipinski definition) is 3. The smallest absolute Gasteiger partial charge is 0.141 e. The van der Waals surface area contributed by atoms with Gasteiger partial charge < -0.3 is 10.1 Å². The molecular weight excluding hydrogens is 140 g/mol. The zero-order valence-electron chi connectivity index (χ0n) is 7.43. The predicted octanol–water partition coefficient (Wildman–Crippen LogP) is 1.65. The summed E-state index contributed by atoms with van der Waals surface area (Å²) in [5.74, 6) is 0.653. The van der Waals surface area contributed by atoms with Crippen LogP contribution >= 0.6 is 0 Å². The van der Waals surface area contributed by atoms with Crippen LogP contribution in [0.15, 0.2) is 16.8 Å². The van der Waals surface area contributed by atoms with E-state index in [0.717, 1.165) is 5.71 Å². The Morgan fingerprint density at radius 2 is 2.00 bits per heavy atom. The Balaban J connectivity index is 4.53. The van der Waals surface area contributed by atoms with Crippen LogP contribution in [0.1, 0.15) is 13.8 Å². The van der Waals surface area contributed by atoms with E-state index in [0.29, 0.717) is 11.5 Å². The molecular formula is C8H14N2O. The standard InChI is InChI=1S/C8H14N2O/c1-6(9)5-8(11-4)7(2)10-3/h5,9H,1-4H3/b8-5+,9-6?,10-7-. The summed E-state index contributed by atoms with van der Waals surface area (Å²) in [4.78, 5) is 3.94. The lowest BCUT2D eigenvalue weighted by atomic mass is 10.2. The van der Waals surface area contributed by atoms with Crippen molar-refractivity contribution in [1.82, 2.24) is 0 Å². The number of ether oxygens (including phenoxy) is 1. The van der Waals surface area contributed by atoms with E-state index in [4.69, 9.17) is 10.1 Å². The molecule has 0 aromatic carbocycles. The third kappa shape index (κ3) is 3.55. The van der Waals surface area contributed by atoms with Crippen LogP contribution in [0.3, 0.4) is 0 Å². The van der Waals surface area contributed by atoms with Crippen molar-refractivity contribution in [1.29, 1.82) is 5.41 Å². The highest BCUT2D eigenvalue weighted by atomic mass is 16.5. The molecule has 0 aliphatic heterocycles. The first-order chi connectivity index (χ1) is 5.11. The van der Waals surface area contributed by atoms with E-state index in [-0.39, 0.29) is 0 Å². The van der Waals surface area contributed by atoms with Gasteiger partial charge in [-0.25, -0.2) is 0 Å². The number of nitrogens with zero attached hydrogens (tertiary/aromatic N) is 1. The van der Waals surface area contributed by atoms with Gasteiger partial charge in [-0.15, -0.1) is 0 Å². The molecule has 0 rings (SSSR count). The van der Waals surface area contributed by atoms with Gasteiger partial charge in [-0.05, 0) is 13.8 Å². The molecule has 0 bridgehead atoms. The fourth-order valence-corrected chi connectivity index (χ4v) is 0.618. The number of aliphatic imine (C=N–C) groups is 1. The lowest BCUT2D eigenvalue weighted by Crippen LogP contribution is -2.01. The topological polar surface area (TPSA) is 45.4 Å². The Hall–Kier alpha value is -1.12. The molecule has 0 fully saturated rings. The predicted molar refractivity (Wildman–Crippen MR) is 47.5 cm³/mol. The first-order valence-corrected chi connectivity index (χ1v) is 3.36. The average molecular weight is 154 g/mol. The van der Waals surface area contributed by atoms with Crippen molar-refractivity contribution in [2.75, 3.05) is 14.2 Å². The van der Waals surface area contributed by atoms with E-state index in [2.05, 4.69) is 4.99 Å². The SMILES string of the molecule is C/N=C(C)\C(=C/C(C)=N)OC. The van der Waals surface area contributed by atoms with E-state index in [1.165, 1.54) is 0 Å². The molecule has 1 N–H and O–H groups in total. The van der Waals surface area contributed by atoms with Crippen LogP contribution in [-0.4, -0.2) is 25.6 Å². The molecule has 62 valence electrons. The molecule has 0 spiro atoms. The summed E-state index contributed by atoms with van der Waals surface area (Å²) in [6, 6.07) is 0. The van der Waals surface area contributed by atoms with E-state index in [1.54, 1.807) is 27.2 Å². The summed E-state index contributed by atoms with van der Waals surface area (Å²) in [5, 5.41) is 7.19. The van der Waals surface area contributed by atoms with Crippen molar-refractivity contribution in [2.45, 2.75) is 13.8 Å². The average Bonchev–Trinajstić information content (AvgIpc) is 1.98. The van der Waals surface area contributed by atoms with E-state index in [9.17, 15) is 0 Å². The number of allylic oxidation sites excluding steroid dienone is 2. The van der Waals surface area contributed by atoms with Crippen LogP contribution in [0, 0.1) is 5.41 Å². The first kappa shape index (κ1) is 9.88. The molecule has 0 radical (unpaired) electrons. The van der Waals surface area contributed by atoms with Gasteiger partial charge in [0.25, 0.3) is 0 Å². The highest BCUT2D eigenvalue weighted by molar-refractivity contribution is 6.03. The zero-order chi connectivity index (χ0) is 8.85. The number of methoxy groups -OCH3 is 1. The molecule has 0 atom stereocenters. The Labute approximate surface area is 67.3 Å². The molecule has 3 nitrogen and oxygen atoms in total. The Kier molecular flexibility index (Phi) is 4.18. The summed E-state index contributed by atoms with van der Waals surface area (Å²) in [6.45, 7) is 3.54. The third-order valence-corrected chi connectivity index (χ3v) is 1.26. The highest BCUT2D eigenvalue weighted by Gasteiger charge is 1.98. The molecule has 0 aliphatic carbocycles. The largest absolute Gasteiger partial charge is 0.495 e. The number of nitrogens with one attached hydrogen (secondary N) is 1. The van der Waals surface area contributed by atoms with Crippen molar-refractivity contribution in [3.63, 3.8) is 0 Å². The molecule has 0 unspecified atom stereocenters. The maximum Gasteiger partial charge on any atom is 0.141 e. The fraction of sp³-hybridized carbons (Fsp3) is 0.500. The van der Waals surface area contributed by atoms with Crippen LogP contribution in [0.4, 0.5) is 0 Å². The van der Waals surface area contributed by atoms with E-state index in [1.807, 2.05) is 6.92 Å². The van der Waals surface area contributed by atoms with Crippen LogP contribution in [-0.2, 0) is 4.74 Å². The monoisotopic (exact) mass is 154 g/mol. The summed E-state index contributed by atoms with van der Waals surface area (Å²) in [7, 11) is 3.27. The lowest BCUT2D eigenvalue weighted by molar-refractivity contribution is 0.315. The highest BCUT2D eigenvalue weighted by Crippen LogP contribution is 1.98. The number of hydrogen-bond donors (Lipinski definition) is 1. The molecule has 0 amide bonds. The minimum Gasteiger partial charge on any atom is -0.495 e. The van der Waals surface area contributed by atoms with E-state index >= 15 is 0 Å². The molecule has 0 aromatic heterocycles. The number of rotatable bonds is 3. The molecule has 0 aliphatic rings. The van der Waals surface area contributed by atoms with Gasteiger partial charge in [0.2, 0.25) is 0 Å². The zero-order valence-corrected chi connectivity index (χ0v) is 7.43. The van der Waals surface area contributed by atoms with Gasteiger partial charge in [0.15, 0.2) is 0 Å². The molecule has 0 heterocycles. The van der Waals surface area contributed by atoms with Gasteiger partial charge in [-0.3, -0.25) is 4.99 Å². The Bertz CT molecular complexity index is 204. The normalized spacial score (nSPS) is 13.1. The summed E-state index contributed by atoms with van der Waals surface area (Å²) in [5.41, 5.74) is 1.27. The van der Waals surface area contributed by atoms with Crippen molar-refractivity contribution in [2.24, 2.45) is 4.99 Å². The molecule has 3 heteroatoms. The summed E-state index contributed by atoms with van der Waals surface area (Å²) >= 11 is 0. The molecule has 11 heavy (non-hydrogen) atoms. The Morgan fingerprint density at radius 1 is 1.45 bits per heavy atom. The van der Waals surface area contributed by atoms with Crippen molar-refractivity contribution in [3.8, 4) is 0 Å². The van der Waals surface area contributed by atoms with Gasteiger partial charge in [0.1, 0.15) is 5.76 Å². The second kappa shape index (κ2) is 4.66. The molecule has 0 saturated carbocycles. The van der Waals surface area contributed by atoms with Gasteiger partial charge in [0, 0.05) is 18.8 Å². The van der Waals surface area contributed by atoms with Crippen LogP contribution in [0.5, 0.6) is 0 Å². The second-order valence-corrected chi connectivity index (χ2v) is 2.20. The summed E-state index contributed by atoms with van der Waals surface area (Å²) in [6.07, 6.45) is 1.64. The summed E-state index contributed by atoms with van der Waals surface area (Å²) < 4.78 is 5.00. The minimum atomic E-state index is 0.463. The van der Waals surface area contributed by atoms with Gasteiger partial charge in [-0.2, -0.15) is 0 Å². The fourth-order valence-electron chi connectivity index (χ4n) is 0.618. The molecule has 0 aromatic rings. The van der Waals surface area contributed by atoms with Crippen LogP contribution in [0.25, 0.3) is 0 Å². The van der Waals surface area contributed by atoms with Crippen molar-refractivity contribution < 1.29 is 4.74 Å². The van der Waals surface area contributed by atoms with Gasteiger partial charge in [0.05, 0.1) is 12.8 Å². The first-order valence-electron chi connectivity index (χ1n) is 3.36. The third-order valence-electron chi connectivity index (χ3n) is 1.26. The van der Waals surface area contributed by atoms with Crippen molar-refractivity contribution >= 4 is 11.4 Å².